The van der Waals surface area contributed by atoms with Crippen LogP contribution in [0.25, 0.3) is 0 Å². The van der Waals surface area contributed by atoms with Gasteiger partial charge in [-0.05, 0) is 134 Å². The molecule has 7 rings (SSSR count). The van der Waals surface area contributed by atoms with Crippen LogP contribution in [0.5, 0.6) is 0 Å². The van der Waals surface area contributed by atoms with Crippen molar-refractivity contribution in [2.75, 3.05) is 9.80 Å². The number of anilines is 6. The van der Waals surface area contributed by atoms with Gasteiger partial charge in [-0.15, -0.1) is 0 Å². The Bertz CT molecular complexity index is 2140. The summed E-state index contributed by atoms with van der Waals surface area (Å²) in [7, 11) is 0. The molecule has 0 aliphatic carbocycles. The molecule has 5 aromatic rings. The van der Waals surface area contributed by atoms with E-state index in [2.05, 4.69) is 197 Å². The first-order chi connectivity index (χ1) is 24.4. The molecule has 0 saturated heterocycles. The molecule has 5 aromatic carbocycles. The molecule has 0 radical (unpaired) electrons. The second-order valence-corrected chi connectivity index (χ2v) is 18.9. The molecule has 2 heterocycles. The number of hydrogen-bond donors (Lipinski definition) is 0. The summed E-state index contributed by atoms with van der Waals surface area (Å²) < 4.78 is 0. The van der Waals surface area contributed by atoms with Crippen LogP contribution in [0.1, 0.15) is 124 Å². The van der Waals surface area contributed by atoms with Gasteiger partial charge in [0, 0.05) is 34.1 Å². The summed E-state index contributed by atoms with van der Waals surface area (Å²) in [6, 6.07) is 38.3. The molecule has 3 heteroatoms. The lowest BCUT2D eigenvalue weighted by molar-refractivity contribution is 0.506. The normalized spacial score (nSPS) is 14.3. The number of aryl methyl sites for hydroxylation is 1. The van der Waals surface area contributed by atoms with Crippen LogP contribution in [0, 0.1) is 6.92 Å². The zero-order valence-electron chi connectivity index (χ0n) is 34.1. The molecule has 2 aliphatic rings. The Morgan fingerprint density at radius 3 is 1.27 bits per heavy atom. The van der Waals surface area contributed by atoms with Gasteiger partial charge in [0.2, 0.25) is 0 Å². The summed E-state index contributed by atoms with van der Waals surface area (Å²) in [6.45, 7) is 30.3. The van der Waals surface area contributed by atoms with Crippen molar-refractivity contribution in [2.24, 2.45) is 0 Å². The van der Waals surface area contributed by atoms with Crippen molar-refractivity contribution in [3.05, 3.63) is 125 Å². The lowest BCUT2D eigenvalue weighted by Gasteiger charge is -2.45. The summed E-state index contributed by atoms with van der Waals surface area (Å²) in [5.74, 6) is 0. The monoisotopic (exact) mass is 686 g/mol. The third-order valence-corrected chi connectivity index (χ3v) is 12.5. The first kappa shape index (κ1) is 36.1. The van der Waals surface area contributed by atoms with Crippen LogP contribution in [0.2, 0.25) is 0 Å². The van der Waals surface area contributed by atoms with Crippen LogP contribution in [-0.2, 0) is 21.7 Å². The van der Waals surface area contributed by atoms with E-state index in [0.29, 0.717) is 0 Å². The van der Waals surface area contributed by atoms with E-state index >= 15 is 0 Å². The highest BCUT2D eigenvalue weighted by atomic mass is 15.2. The molecule has 2 aliphatic heterocycles. The molecule has 0 N–H and O–H groups in total. The fraction of sp³-hybridized carbons (Fsp3) is 0.388. The van der Waals surface area contributed by atoms with Crippen LogP contribution < -0.4 is 26.2 Å². The van der Waals surface area contributed by atoms with Gasteiger partial charge in [-0.3, -0.25) is 0 Å². The fourth-order valence-corrected chi connectivity index (χ4v) is 8.17. The standard InChI is InChI=1S/C49H59BN2/c1-14-48(10,11)34-18-24-38(25-19-34)52-42-27-21-36(49(12,13)15-2)31-40(42)50-39-30-35(47(7,8)9)20-26-41(39)51(43-28-32(3)29-44(52)45(43)50)37-22-16-33(17-23-37)46(4,5)6/h16-31H,14-15H2,1-13H3. The minimum atomic E-state index is 0.0220. The molecular formula is C49H59BN2. The van der Waals surface area contributed by atoms with Crippen molar-refractivity contribution in [1.29, 1.82) is 0 Å². The van der Waals surface area contributed by atoms with E-state index < -0.39 is 0 Å². The topological polar surface area (TPSA) is 6.48 Å². The van der Waals surface area contributed by atoms with Crippen molar-refractivity contribution in [3.8, 4) is 0 Å². The highest BCUT2D eigenvalue weighted by Gasteiger charge is 2.44. The quantitative estimate of drug-likeness (QED) is 0.161. The maximum atomic E-state index is 2.56. The molecule has 0 spiro atoms. The second kappa shape index (κ2) is 12.4. The zero-order valence-corrected chi connectivity index (χ0v) is 34.1. The predicted octanol–water partition coefficient (Wildman–Crippen LogP) is 12.0. The molecule has 52 heavy (non-hydrogen) atoms. The Hall–Kier alpha value is -4.24. The van der Waals surface area contributed by atoms with Gasteiger partial charge in [0.25, 0.3) is 6.71 Å². The molecule has 0 saturated carbocycles. The highest BCUT2D eigenvalue weighted by molar-refractivity contribution is 7.00. The van der Waals surface area contributed by atoms with Gasteiger partial charge < -0.3 is 9.80 Å². The van der Waals surface area contributed by atoms with E-state index in [1.54, 1.807) is 0 Å². The average molecular weight is 687 g/mol. The van der Waals surface area contributed by atoms with Gasteiger partial charge in [0.1, 0.15) is 0 Å². The first-order valence-electron chi connectivity index (χ1n) is 19.6. The lowest BCUT2D eigenvalue weighted by Crippen LogP contribution is -2.61. The molecule has 0 atom stereocenters. The third kappa shape index (κ3) is 5.99. The van der Waals surface area contributed by atoms with Gasteiger partial charge in [0.15, 0.2) is 0 Å². The van der Waals surface area contributed by atoms with E-state index in [9.17, 15) is 0 Å². The zero-order chi connectivity index (χ0) is 37.5. The predicted molar refractivity (Wildman–Crippen MR) is 229 cm³/mol. The number of fused-ring (bicyclic) bond motifs is 4. The largest absolute Gasteiger partial charge is 0.311 e. The van der Waals surface area contributed by atoms with Gasteiger partial charge in [0.05, 0.1) is 0 Å². The third-order valence-electron chi connectivity index (χ3n) is 12.5. The van der Waals surface area contributed by atoms with Crippen molar-refractivity contribution < 1.29 is 0 Å². The van der Waals surface area contributed by atoms with E-state index in [4.69, 9.17) is 0 Å². The van der Waals surface area contributed by atoms with Crippen LogP contribution in [0.3, 0.4) is 0 Å². The van der Waals surface area contributed by atoms with Crippen molar-refractivity contribution in [3.63, 3.8) is 0 Å². The fourth-order valence-electron chi connectivity index (χ4n) is 8.17. The van der Waals surface area contributed by atoms with Crippen LogP contribution in [0.4, 0.5) is 34.1 Å². The van der Waals surface area contributed by atoms with E-state index in [0.717, 1.165) is 12.8 Å². The van der Waals surface area contributed by atoms with E-state index in [1.165, 1.54) is 78.3 Å². The summed E-state index contributed by atoms with van der Waals surface area (Å²) in [4.78, 5) is 5.11. The summed E-state index contributed by atoms with van der Waals surface area (Å²) >= 11 is 0. The first-order valence-corrected chi connectivity index (χ1v) is 19.6. The van der Waals surface area contributed by atoms with Crippen molar-refractivity contribution in [2.45, 2.75) is 125 Å². The van der Waals surface area contributed by atoms with Crippen LogP contribution in [0.15, 0.2) is 97.1 Å². The maximum absolute atomic E-state index is 2.56. The number of nitrogens with zero attached hydrogens (tertiary/aromatic N) is 2. The Kier molecular flexibility index (Phi) is 8.64. The molecule has 0 amide bonds. The molecule has 0 aromatic heterocycles. The number of rotatable bonds is 6. The Morgan fingerprint density at radius 2 is 0.827 bits per heavy atom. The van der Waals surface area contributed by atoms with E-state index in [-0.39, 0.29) is 28.4 Å². The summed E-state index contributed by atoms with van der Waals surface area (Å²) in [5, 5.41) is 0. The molecular weight excluding hydrogens is 627 g/mol. The van der Waals surface area contributed by atoms with Crippen LogP contribution in [-0.4, -0.2) is 6.71 Å². The van der Waals surface area contributed by atoms with Gasteiger partial charge in [-0.1, -0.05) is 132 Å². The average Bonchev–Trinajstić information content (AvgIpc) is 3.10. The van der Waals surface area contributed by atoms with Gasteiger partial charge in [-0.25, -0.2) is 0 Å². The SMILES string of the molecule is CCC(C)(C)c1ccc(N2c3ccc(C(C)(C)CC)cc3B3c4cc(C(C)(C)C)ccc4N(c4ccc(C(C)(C)C)cc4)c4cc(C)cc2c43)cc1. The highest BCUT2D eigenvalue weighted by Crippen LogP contribution is 2.46. The Balaban J connectivity index is 1.56. The second-order valence-electron chi connectivity index (χ2n) is 18.9. The minimum Gasteiger partial charge on any atom is -0.311 e. The minimum absolute atomic E-state index is 0.0220. The Morgan fingerprint density at radius 1 is 0.442 bits per heavy atom. The molecule has 2 nitrogen and oxygen atoms in total. The maximum Gasteiger partial charge on any atom is 0.252 e. The molecule has 0 fully saturated rings. The Labute approximate surface area is 315 Å². The smallest absolute Gasteiger partial charge is 0.252 e. The van der Waals surface area contributed by atoms with Crippen LogP contribution >= 0.6 is 0 Å². The molecule has 0 unspecified atom stereocenters. The van der Waals surface area contributed by atoms with Gasteiger partial charge >= 0.3 is 0 Å². The lowest BCUT2D eigenvalue weighted by atomic mass is 9.33. The summed E-state index contributed by atoms with van der Waals surface area (Å²) in [5.41, 5.74) is 18.8. The molecule has 0 bridgehead atoms. The number of benzene rings is 5. The molecule has 268 valence electrons. The van der Waals surface area contributed by atoms with Crippen molar-refractivity contribution >= 4 is 57.2 Å². The van der Waals surface area contributed by atoms with E-state index in [1.807, 2.05) is 0 Å². The summed E-state index contributed by atoms with van der Waals surface area (Å²) in [6.07, 6.45) is 2.18. The number of hydrogen-bond acceptors (Lipinski definition) is 2. The van der Waals surface area contributed by atoms with Gasteiger partial charge in [-0.2, -0.15) is 0 Å². The van der Waals surface area contributed by atoms with Crippen molar-refractivity contribution in [1.82, 2.24) is 0 Å².